The summed E-state index contributed by atoms with van der Waals surface area (Å²) in [5.74, 6) is -0.564. The molecule has 0 bridgehead atoms. The summed E-state index contributed by atoms with van der Waals surface area (Å²) < 4.78 is 27.5. The first kappa shape index (κ1) is 21.8. The largest absolute Gasteiger partial charge is 0.271 e. The Bertz CT molecular complexity index is 1480. The average Bonchev–Trinajstić information content (AvgIpc) is 3.29. The predicted octanol–water partition coefficient (Wildman–Crippen LogP) is 3.68. The first-order valence-electron chi connectivity index (χ1n) is 10.9. The molecule has 170 valence electrons. The first-order chi connectivity index (χ1) is 16.5. The second kappa shape index (κ2) is 9.07. The van der Waals surface area contributed by atoms with Crippen molar-refractivity contribution in [3.8, 4) is 0 Å². The summed E-state index contributed by atoms with van der Waals surface area (Å²) in [6.07, 6.45) is 6.61. The van der Waals surface area contributed by atoms with E-state index < -0.39 is 22.5 Å². The van der Waals surface area contributed by atoms with E-state index in [4.69, 9.17) is 0 Å². The predicted molar refractivity (Wildman–Crippen MR) is 132 cm³/mol. The van der Waals surface area contributed by atoms with Crippen LogP contribution in [0.15, 0.2) is 95.2 Å². The third kappa shape index (κ3) is 4.15. The molecule has 1 aromatic heterocycles. The molecule has 0 radical (unpaired) electrons. The normalized spacial score (nSPS) is 12.8. The lowest BCUT2D eigenvalue weighted by molar-refractivity contribution is -0.119. The van der Waals surface area contributed by atoms with Crippen LogP contribution in [0, 0.1) is 0 Å². The summed E-state index contributed by atoms with van der Waals surface area (Å²) in [5.41, 5.74) is 6.30. The molecule has 4 aromatic rings. The van der Waals surface area contributed by atoms with Crippen LogP contribution in [0.25, 0.3) is 10.8 Å². The van der Waals surface area contributed by atoms with Crippen molar-refractivity contribution in [2.75, 3.05) is 10.8 Å². The quantitative estimate of drug-likeness (QED) is 0.329. The van der Waals surface area contributed by atoms with Gasteiger partial charge in [-0.1, -0.05) is 48.5 Å². The van der Waals surface area contributed by atoms with Crippen molar-refractivity contribution in [1.29, 1.82) is 0 Å². The molecule has 0 spiro atoms. The molecule has 0 aliphatic heterocycles. The topological polar surface area (TPSA) is 91.7 Å². The number of anilines is 1. The number of carbonyl (C=O) groups is 1. The van der Waals surface area contributed by atoms with Gasteiger partial charge in [0.25, 0.3) is 15.9 Å². The molecule has 1 amide bonds. The number of aromatic nitrogens is 1. The maximum Gasteiger partial charge on any atom is 0.264 e. The number of amides is 1. The van der Waals surface area contributed by atoms with Crippen molar-refractivity contribution in [1.82, 2.24) is 10.4 Å². The van der Waals surface area contributed by atoms with Gasteiger partial charge in [-0.3, -0.25) is 14.1 Å². The van der Waals surface area contributed by atoms with E-state index in [1.807, 2.05) is 18.2 Å². The lowest BCUT2D eigenvalue weighted by atomic mass is 10.0. The molecule has 8 heteroatoms. The van der Waals surface area contributed by atoms with Crippen LogP contribution in [0.2, 0.25) is 0 Å². The Hall–Kier alpha value is -4.04. The molecule has 7 nitrogen and oxygen atoms in total. The fraction of sp³-hybridized carbons (Fsp3) is 0.115. The minimum atomic E-state index is -3.98. The minimum Gasteiger partial charge on any atom is -0.271 e. The van der Waals surface area contributed by atoms with E-state index in [2.05, 4.69) is 27.6 Å². The highest BCUT2D eigenvalue weighted by Crippen LogP contribution is 2.32. The highest BCUT2D eigenvalue weighted by Gasteiger charge is 2.27. The van der Waals surface area contributed by atoms with Gasteiger partial charge in [0.15, 0.2) is 0 Å². The number of hydrazone groups is 1. The third-order valence-electron chi connectivity index (χ3n) is 5.86. The summed E-state index contributed by atoms with van der Waals surface area (Å²) in [6.45, 7) is -0.440. The highest BCUT2D eigenvalue weighted by atomic mass is 32.2. The van der Waals surface area contributed by atoms with Crippen molar-refractivity contribution < 1.29 is 13.2 Å². The molecule has 1 N–H and O–H groups in total. The molecule has 1 heterocycles. The van der Waals surface area contributed by atoms with Gasteiger partial charge in [0.1, 0.15) is 6.54 Å². The molecule has 0 saturated heterocycles. The monoisotopic (exact) mass is 470 g/mol. The standard InChI is InChI=1S/C26H22N4O3S/c31-25(29-28-16-21-14-13-20-12-11-19-6-4-10-24(21)26(19)20)18-30(22-7-5-15-27-17-22)34(32,33)23-8-2-1-3-9-23/h1-10,13-17H,11-12,18H2,(H,29,31)/b28-16-. The molecule has 5 rings (SSSR count). The molecule has 0 unspecified atom stereocenters. The van der Waals surface area contributed by atoms with Gasteiger partial charge >= 0.3 is 0 Å². The summed E-state index contributed by atoms with van der Waals surface area (Å²) >= 11 is 0. The second-order valence-electron chi connectivity index (χ2n) is 7.98. The smallest absolute Gasteiger partial charge is 0.264 e. The SMILES string of the molecule is O=C(CN(c1cccnc1)S(=O)(=O)c1ccccc1)N/N=C\c1ccc2c3c(cccc13)CC2. The van der Waals surface area contributed by atoms with Gasteiger partial charge in [-0.25, -0.2) is 13.8 Å². The molecule has 0 atom stereocenters. The van der Waals surface area contributed by atoms with Crippen LogP contribution < -0.4 is 9.73 Å². The van der Waals surface area contributed by atoms with E-state index in [9.17, 15) is 13.2 Å². The number of hydrogen-bond acceptors (Lipinski definition) is 5. The number of aryl methyl sites for hydroxylation is 2. The van der Waals surface area contributed by atoms with Crippen molar-refractivity contribution >= 4 is 38.6 Å². The number of pyridine rings is 1. The Morgan fingerprint density at radius 3 is 2.53 bits per heavy atom. The Morgan fingerprint density at radius 2 is 1.76 bits per heavy atom. The summed E-state index contributed by atoms with van der Waals surface area (Å²) in [7, 11) is -3.98. The fourth-order valence-electron chi connectivity index (χ4n) is 4.26. The zero-order valence-electron chi connectivity index (χ0n) is 18.3. The number of carbonyl (C=O) groups excluding carboxylic acids is 1. The van der Waals surface area contributed by atoms with Crippen LogP contribution in [0.5, 0.6) is 0 Å². The maximum atomic E-state index is 13.3. The van der Waals surface area contributed by atoms with Gasteiger partial charge in [0.2, 0.25) is 0 Å². The second-order valence-corrected chi connectivity index (χ2v) is 9.85. The number of hydrogen-bond donors (Lipinski definition) is 1. The number of nitrogens with zero attached hydrogens (tertiary/aromatic N) is 3. The van der Waals surface area contributed by atoms with Gasteiger partial charge < -0.3 is 0 Å². The van der Waals surface area contributed by atoms with Crippen molar-refractivity contribution in [3.63, 3.8) is 0 Å². The molecule has 1 aliphatic rings. The van der Waals surface area contributed by atoms with E-state index in [1.165, 1.54) is 34.8 Å². The van der Waals surface area contributed by atoms with Gasteiger partial charge in [-0.05, 0) is 59.0 Å². The van der Waals surface area contributed by atoms with Crippen LogP contribution in [0.1, 0.15) is 16.7 Å². The number of benzene rings is 3. The molecule has 34 heavy (non-hydrogen) atoms. The Balaban J connectivity index is 1.37. The van der Waals surface area contributed by atoms with E-state index >= 15 is 0 Å². The van der Waals surface area contributed by atoms with E-state index in [1.54, 1.807) is 42.7 Å². The van der Waals surface area contributed by atoms with Gasteiger partial charge in [-0.15, -0.1) is 0 Å². The van der Waals surface area contributed by atoms with Gasteiger partial charge in [0, 0.05) is 11.8 Å². The van der Waals surface area contributed by atoms with Crippen LogP contribution in [0.3, 0.4) is 0 Å². The lowest BCUT2D eigenvalue weighted by Gasteiger charge is -2.23. The van der Waals surface area contributed by atoms with Gasteiger partial charge in [0.05, 0.1) is 23.0 Å². The average molecular weight is 471 g/mol. The Kier molecular flexibility index (Phi) is 5.81. The van der Waals surface area contributed by atoms with E-state index in [0.29, 0.717) is 0 Å². The first-order valence-corrected chi connectivity index (χ1v) is 12.3. The van der Waals surface area contributed by atoms with Crippen LogP contribution >= 0.6 is 0 Å². The lowest BCUT2D eigenvalue weighted by Crippen LogP contribution is -2.39. The van der Waals surface area contributed by atoms with Crippen LogP contribution in [-0.2, 0) is 27.7 Å². The Labute approximate surface area is 197 Å². The molecule has 0 saturated carbocycles. The van der Waals surface area contributed by atoms with Crippen molar-refractivity contribution in [2.45, 2.75) is 17.7 Å². The van der Waals surface area contributed by atoms with E-state index in [0.717, 1.165) is 28.1 Å². The van der Waals surface area contributed by atoms with Crippen molar-refractivity contribution in [2.24, 2.45) is 5.10 Å². The molecule has 3 aromatic carbocycles. The summed E-state index contributed by atoms with van der Waals surface area (Å²) in [4.78, 5) is 16.8. The van der Waals surface area contributed by atoms with Crippen LogP contribution in [-0.4, -0.2) is 32.1 Å². The molecule has 0 fully saturated rings. The number of nitrogens with one attached hydrogen (secondary N) is 1. The van der Waals surface area contributed by atoms with Crippen molar-refractivity contribution in [3.05, 3.63) is 102 Å². The summed E-state index contributed by atoms with van der Waals surface area (Å²) in [5, 5.41) is 6.46. The fourth-order valence-corrected chi connectivity index (χ4v) is 5.69. The third-order valence-corrected chi connectivity index (χ3v) is 7.64. The van der Waals surface area contributed by atoms with E-state index in [-0.39, 0.29) is 10.6 Å². The van der Waals surface area contributed by atoms with Gasteiger partial charge in [-0.2, -0.15) is 5.10 Å². The number of rotatable bonds is 7. The molecular formula is C26H22N4O3S. The maximum absolute atomic E-state index is 13.3. The van der Waals surface area contributed by atoms with Crippen LogP contribution in [0.4, 0.5) is 5.69 Å². The summed E-state index contributed by atoms with van der Waals surface area (Å²) in [6, 6.07) is 21.5. The molecular weight excluding hydrogens is 448 g/mol. The number of sulfonamides is 1. The Morgan fingerprint density at radius 1 is 0.971 bits per heavy atom. The minimum absolute atomic E-state index is 0.0861. The molecule has 1 aliphatic carbocycles. The zero-order valence-corrected chi connectivity index (χ0v) is 19.1. The highest BCUT2D eigenvalue weighted by molar-refractivity contribution is 7.92. The zero-order chi connectivity index (χ0) is 23.5.